The molecule has 0 aromatic heterocycles. The summed E-state index contributed by atoms with van der Waals surface area (Å²) in [4.78, 5) is 11.5. The van der Waals surface area contributed by atoms with Crippen molar-refractivity contribution in [3.8, 4) is 0 Å². The summed E-state index contributed by atoms with van der Waals surface area (Å²) in [5.74, 6) is 0. The van der Waals surface area contributed by atoms with E-state index in [2.05, 4.69) is 24.3 Å². The Hall–Kier alpha value is -2.87. The van der Waals surface area contributed by atoms with Crippen LogP contribution in [-0.2, 0) is 9.53 Å². The van der Waals surface area contributed by atoms with Crippen LogP contribution in [0.25, 0.3) is 33.4 Å². The van der Waals surface area contributed by atoms with E-state index < -0.39 is 0 Å². The van der Waals surface area contributed by atoms with Crippen LogP contribution in [0.5, 0.6) is 0 Å². The SMILES string of the molecule is O=CC1=c2c(c3ccccc3c3ccccc23)=COC=C1. The molecule has 0 atom stereocenters. The van der Waals surface area contributed by atoms with Gasteiger partial charge in [-0.3, -0.25) is 4.79 Å². The van der Waals surface area contributed by atoms with Crippen LogP contribution < -0.4 is 10.4 Å². The summed E-state index contributed by atoms with van der Waals surface area (Å²) in [7, 11) is 0. The first-order valence-corrected chi connectivity index (χ1v) is 6.81. The van der Waals surface area contributed by atoms with E-state index in [-0.39, 0.29) is 0 Å². The summed E-state index contributed by atoms with van der Waals surface area (Å²) in [6.07, 6.45) is 5.87. The highest BCUT2D eigenvalue weighted by atomic mass is 16.5. The number of aldehydes is 1. The smallest absolute Gasteiger partial charge is 0.150 e. The van der Waals surface area contributed by atoms with Gasteiger partial charge in [-0.1, -0.05) is 48.5 Å². The Labute approximate surface area is 121 Å². The van der Waals surface area contributed by atoms with Gasteiger partial charge in [0.05, 0.1) is 12.5 Å². The van der Waals surface area contributed by atoms with E-state index in [1.807, 2.05) is 24.3 Å². The van der Waals surface area contributed by atoms with Gasteiger partial charge in [-0.05, 0) is 27.6 Å². The van der Waals surface area contributed by atoms with Crippen LogP contribution in [0.3, 0.4) is 0 Å². The Morgan fingerprint density at radius 1 is 0.810 bits per heavy atom. The molecule has 1 aliphatic heterocycles. The Morgan fingerprint density at radius 3 is 2.14 bits per heavy atom. The molecule has 1 heterocycles. The molecule has 0 bridgehead atoms. The molecule has 0 saturated heterocycles. The van der Waals surface area contributed by atoms with E-state index in [1.54, 1.807) is 18.6 Å². The van der Waals surface area contributed by atoms with Gasteiger partial charge in [-0.25, -0.2) is 0 Å². The molecule has 4 rings (SSSR count). The van der Waals surface area contributed by atoms with Crippen molar-refractivity contribution in [2.45, 2.75) is 0 Å². The number of carbonyl (C=O) groups excluding carboxylic acids is 1. The fraction of sp³-hybridized carbons (Fsp3) is 0. The maximum absolute atomic E-state index is 11.5. The predicted octanol–water partition coefficient (Wildman–Crippen LogP) is 2.62. The Kier molecular flexibility index (Phi) is 2.61. The number of fused-ring (bicyclic) bond motifs is 6. The molecule has 0 radical (unpaired) electrons. The predicted molar refractivity (Wildman–Crippen MR) is 84.9 cm³/mol. The largest absolute Gasteiger partial charge is 0.472 e. The van der Waals surface area contributed by atoms with Gasteiger partial charge in [0.25, 0.3) is 0 Å². The van der Waals surface area contributed by atoms with E-state index in [4.69, 9.17) is 4.74 Å². The first kappa shape index (κ1) is 11.9. The van der Waals surface area contributed by atoms with Crippen LogP contribution in [0.1, 0.15) is 0 Å². The van der Waals surface area contributed by atoms with E-state index in [9.17, 15) is 4.79 Å². The average Bonchev–Trinajstić information content (AvgIpc) is 2.77. The lowest BCUT2D eigenvalue weighted by molar-refractivity contribution is -0.103. The maximum Gasteiger partial charge on any atom is 0.150 e. The molecule has 0 unspecified atom stereocenters. The highest BCUT2D eigenvalue weighted by molar-refractivity contribution is 6.12. The first-order valence-electron chi connectivity index (χ1n) is 6.81. The van der Waals surface area contributed by atoms with E-state index in [0.717, 1.165) is 32.9 Å². The number of benzene rings is 3. The van der Waals surface area contributed by atoms with Crippen LogP contribution in [0.2, 0.25) is 0 Å². The topological polar surface area (TPSA) is 26.3 Å². The minimum atomic E-state index is 0.640. The summed E-state index contributed by atoms with van der Waals surface area (Å²) < 4.78 is 5.42. The molecule has 2 heteroatoms. The highest BCUT2D eigenvalue weighted by Crippen LogP contribution is 2.20. The summed E-state index contributed by atoms with van der Waals surface area (Å²) >= 11 is 0. The zero-order valence-electron chi connectivity index (χ0n) is 11.2. The van der Waals surface area contributed by atoms with Gasteiger partial charge in [0.15, 0.2) is 6.29 Å². The van der Waals surface area contributed by atoms with Gasteiger partial charge in [0.2, 0.25) is 0 Å². The number of allylic oxidation sites excluding steroid dienone is 1. The van der Waals surface area contributed by atoms with Gasteiger partial charge in [0.1, 0.15) is 0 Å². The lowest BCUT2D eigenvalue weighted by Crippen LogP contribution is -2.28. The number of ether oxygens (including phenoxy) is 1. The molecule has 0 saturated carbocycles. The normalized spacial score (nSPS) is 13.4. The minimum Gasteiger partial charge on any atom is -0.472 e. The molecule has 0 N–H and O–H groups in total. The van der Waals surface area contributed by atoms with Crippen molar-refractivity contribution in [1.29, 1.82) is 0 Å². The molecular weight excluding hydrogens is 260 g/mol. The number of hydrogen-bond acceptors (Lipinski definition) is 2. The molecule has 1 aliphatic rings. The fourth-order valence-electron chi connectivity index (χ4n) is 3.00. The van der Waals surface area contributed by atoms with E-state index in [0.29, 0.717) is 5.57 Å². The van der Waals surface area contributed by atoms with Gasteiger partial charge in [-0.2, -0.15) is 0 Å². The summed E-state index contributed by atoms with van der Waals surface area (Å²) in [5, 5.41) is 6.37. The fourth-order valence-corrected chi connectivity index (χ4v) is 3.00. The molecule has 0 fully saturated rings. The Balaban J connectivity index is 2.48. The van der Waals surface area contributed by atoms with Gasteiger partial charge in [-0.15, -0.1) is 0 Å². The monoisotopic (exact) mass is 272 g/mol. The average molecular weight is 272 g/mol. The molecule has 2 nitrogen and oxygen atoms in total. The standard InChI is InChI=1S/C19H12O2/c20-11-13-9-10-21-12-18-16-7-2-1-5-14(16)15-6-3-4-8-17(15)19(13)18/h1-12H. The van der Waals surface area contributed by atoms with Crippen LogP contribution in [0, 0.1) is 0 Å². The van der Waals surface area contributed by atoms with Crippen molar-refractivity contribution in [1.82, 2.24) is 0 Å². The molecular formula is C19H12O2. The van der Waals surface area contributed by atoms with Crippen LogP contribution >= 0.6 is 0 Å². The third kappa shape index (κ3) is 1.69. The van der Waals surface area contributed by atoms with Crippen molar-refractivity contribution >= 4 is 39.7 Å². The van der Waals surface area contributed by atoms with Crippen LogP contribution in [0.15, 0.2) is 60.9 Å². The quantitative estimate of drug-likeness (QED) is 0.503. The van der Waals surface area contributed by atoms with Crippen molar-refractivity contribution < 1.29 is 9.53 Å². The Morgan fingerprint density at radius 2 is 1.43 bits per heavy atom. The molecule has 0 spiro atoms. The van der Waals surface area contributed by atoms with Crippen molar-refractivity contribution in [2.75, 3.05) is 0 Å². The second kappa shape index (κ2) is 4.60. The number of rotatable bonds is 1. The molecule has 21 heavy (non-hydrogen) atoms. The first-order chi connectivity index (χ1) is 10.4. The minimum absolute atomic E-state index is 0.640. The third-order valence-corrected chi connectivity index (χ3v) is 3.90. The number of hydrogen-bond donors (Lipinski definition) is 0. The molecule has 0 amide bonds. The summed E-state index contributed by atoms with van der Waals surface area (Å²) in [5.41, 5.74) is 0.640. The lowest BCUT2D eigenvalue weighted by Gasteiger charge is -2.07. The summed E-state index contributed by atoms with van der Waals surface area (Å²) in [6.45, 7) is 0. The van der Waals surface area contributed by atoms with Crippen molar-refractivity contribution in [3.05, 3.63) is 71.3 Å². The number of carbonyl (C=O) groups is 1. The zero-order chi connectivity index (χ0) is 14.2. The van der Waals surface area contributed by atoms with Crippen LogP contribution in [-0.4, -0.2) is 6.29 Å². The maximum atomic E-state index is 11.5. The van der Waals surface area contributed by atoms with E-state index in [1.165, 1.54) is 5.39 Å². The zero-order valence-corrected chi connectivity index (χ0v) is 11.2. The third-order valence-electron chi connectivity index (χ3n) is 3.90. The van der Waals surface area contributed by atoms with E-state index >= 15 is 0 Å². The second-order valence-corrected chi connectivity index (χ2v) is 5.01. The molecule has 3 aromatic carbocycles. The lowest BCUT2D eigenvalue weighted by atomic mass is 9.96. The molecule has 3 aromatic rings. The molecule has 100 valence electrons. The molecule has 0 aliphatic carbocycles. The van der Waals surface area contributed by atoms with Gasteiger partial charge in [0, 0.05) is 16.0 Å². The van der Waals surface area contributed by atoms with Gasteiger partial charge >= 0.3 is 0 Å². The van der Waals surface area contributed by atoms with Crippen molar-refractivity contribution in [3.63, 3.8) is 0 Å². The highest BCUT2D eigenvalue weighted by Gasteiger charge is 2.09. The van der Waals surface area contributed by atoms with Gasteiger partial charge < -0.3 is 4.74 Å². The van der Waals surface area contributed by atoms with Crippen LogP contribution in [0.4, 0.5) is 0 Å². The van der Waals surface area contributed by atoms with Crippen molar-refractivity contribution in [2.24, 2.45) is 0 Å². The second-order valence-electron chi connectivity index (χ2n) is 5.01. The Bertz CT molecular complexity index is 1030. The summed E-state index contributed by atoms with van der Waals surface area (Å²) in [6, 6.07) is 16.4.